The molecule has 11 heteroatoms. The second-order valence-electron chi connectivity index (χ2n) is 11.5. The number of rotatable bonds is 11. The number of aliphatic carboxylic acids is 1. The van der Waals surface area contributed by atoms with E-state index < -0.39 is 29.5 Å². The fourth-order valence-corrected chi connectivity index (χ4v) is 4.50. The molecular formula is C28H41FN4O6. The highest BCUT2D eigenvalue weighted by Gasteiger charge is 2.27. The third kappa shape index (κ3) is 9.11. The van der Waals surface area contributed by atoms with Crippen molar-refractivity contribution in [2.24, 2.45) is 11.8 Å². The number of hydrogen-bond acceptors (Lipinski definition) is 8. The van der Waals surface area contributed by atoms with Crippen molar-refractivity contribution >= 4 is 18.1 Å². The number of alkyl carbamates (subject to hydrolysis) is 1. The first-order valence-electron chi connectivity index (χ1n) is 13.5. The van der Waals surface area contributed by atoms with E-state index in [9.17, 15) is 19.1 Å². The average Bonchev–Trinajstić information content (AvgIpc) is 3.35. The van der Waals surface area contributed by atoms with Crippen LogP contribution in [0.15, 0.2) is 22.7 Å². The molecule has 1 unspecified atom stereocenters. The van der Waals surface area contributed by atoms with Crippen LogP contribution in [0.3, 0.4) is 0 Å². The van der Waals surface area contributed by atoms with Crippen LogP contribution >= 0.6 is 0 Å². The molecule has 1 saturated heterocycles. The Morgan fingerprint density at radius 2 is 1.92 bits per heavy atom. The molecule has 10 nitrogen and oxygen atoms in total. The molecule has 0 saturated carbocycles. The third-order valence-electron chi connectivity index (χ3n) is 6.84. The number of aromatic nitrogens is 2. The van der Waals surface area contributed by atoms with Crippen LogP contribution in [0.5, 0.6) is 5.75 Å². The first-order valence-corrected chi connectivity index (χ1v) is 13.5. The first kappa shape index (κ1) is 30.2. The lowest BCUT2D eigenvalue weighted by molar-refractivity contribution is -0.139. The summed E-state index contributed by atoms with van der Waals surface area (Å²) in [6.07, 6.45) is 1.77. The van der Waals surface area contributed by atoms with Crippen molar-refractivity contribution in [2.75, 3.05) is 24.6 Å². The molecule has 1 aliphatic rings. The number of benzene rings is 1. The smallest absolute Gasteiger partial charge is 0.408 e. The van der Waals surface area contributed by atoms with Crippen LogP contribution in [0.2, 0.25) is 0 Å². The van der Waals surface area contributed by atoms with Crippen molar-refractivity contribution in [1.82, 2.24) is 15.5 Å². The number of halogens is 1. The number of ether oxygens (including phenoxy) is 2. The van der Waals surface area contributed by atoms with E-state index in [1.807, 2.05) is 13.8 Å². The minimum atomic E-state index is -1.33. The molecule has 1 fully saturated rings. The summed E-state index contributed by atoms with van der Waals surface area (Å²) in [6.45, 7) is 13.5. The Hall–Kier alpha value is -3.37. The summed E-state index contributed by atoms with van der Waals surface area (Å²) in [5.74, 6) is 0.434. The van der Waals surface area contributed by atoms with Gasteiger partial charge in [-0.15, -0.1) is 0 Å². The number of carbonyl (C=O) groups is 2. The maximum atomic E-state index is 14.7. The topological polar surface area (TPSA) is 127 Å². The number of hydrogen-bond donors (Lipinski definition) is 2. The van der Waals surface area contributed by atoms with Gasteiger partial charge in [0, 0.05) is 31.5 Å². The predicted octanol–water partition coefficient (Wildman–Crippen LogP) is 5.17. The van der Waals surface area contributed by atoms with Crippen LogP contribution in [-0.2, 0) is 16.0 Å². The van der Waals surface area contributed by atoms with E-state index in [2.05, 4.69) is 27.3 Å². The number of anilines is 1. The van der Waals surface area contributed by atoms with E-state index in [-0.39, 0.29) is 17.9 Å². The third-order valence-corrected chi connectivity index (χ3v) is 6.84. The molecule has 1 amide bonds. The molecule has 1 aromatic carbocycles. The van der Waals surface area contributed by atoms with Gasteiger partial charge in [-0.25, -0.2) is 14.0 Å². The summed E-state index contributed by atoms with van der Waals surface area (Å²) in [6, 6.07) is 3.61. The van der Waals surface area contributed by atoms with Crippen LogP contribution in [0, 0.1) is 17.7 Å². The van der Waals surface area contributed by atoms with Gasteiger partial charge in [0.15, 0.2) is 5.82 Å². The van der Waals surface area contributed by atoms with Gasteiger partial charge in [-0.2, -0.15) is 4.98 Å². The fourth-order valence-electron chi connectivity index (χ4n) is 4.50. The lowest BCUT2D eigenvalue weighted by Crippen LogP contribution is -2.44. The van der Waals surface area contributed by atoms with Crippen molar-refractivity contribution in [2.45, 2.75) is 84.8 Å². The van der Waals surface area contributed by atoms with E-state index in [1.165, 1.54) is 12.1 Å². The van der Waals surface area contributed by atoms with Gasteiger partial charge in [-0.1, -0.05) is 32.0 Å². The normalized spacial score (nSPS) is 16.2. The van der Waals surface area contributed by atoms with Crippen molar-refractivity contribution in [3.63, 3.8) is 0 Å². The Labute approximate surface area is 229 Å². The van der Waals surface area contributed by atoms with E-state index >= 15 is 0 Å². The Morgan fingerprint density at radius 3 is 2.49 bits per heavy atom. The highest BCUT2D eigenvalue weighted by Crippen LogP contribution is 2.30. The zero-order chi connectivity index (χ0) is 28.7. The fraction of sp³-hybridized carbons (Fsp3) is 0.643. The maximum absolute atomic E-state index is 14.7. The molecule has 2 atom stereocenters. The second kappa shape index (κ2) is 13.1. The zero-order valence-corrected chi connectivity index (χ0v) is 23.7. The minimum Gasteiger partial charge on any atom is -0.493 e. The lowest BCUT2D eigenvalue weighted by Gasteiger charge is -2.33. The number of piperidine rings is 1. The van der Waals surface area contributed by atoms with Crippen LogP contribution in [-0.4, -0.2) is 58.6 Å². The SMILES string of the molecule is CC(C)c1noc(N2CCC([C@H](C)CCOc3ccc(CC(NC(=O)OC(C)(C)C)C(=O)O)c(F)c3)CC2)n1. The van der Waals surface area contributed by atoms with Crippen LogP contribution in [0.4, 0.5) is 15.2 Å². The number of nitrogens with one attached hydrogen (secondary N) is 1. The van der Waals surface area contributed by atoms with Gasteiger partial charge in [0.2, 0.25) is 0 Å². The zero-order valence-electron chi connectivity index (χ0n) is 23.7. The standard InChI is InChI=1S/C28H41FN4O6/c1-17(2)24-31-26(39-32-24)33-12-9-19(10-13-33)18(3)11-14-37-21-8-7-20(22(29)16-21)15-23(25(34)35)30-27(36)38-28(4,5)6/h7-8,16-19,23H,9-15H2,1-6H3,(H,30,36)(H,34,35)/t18-,23?/m1/s1. The molecular weight excluding hydrogens is 507 g/mol. The Bertz CT molecular complexity index is 1110. The molecule has 1 aliphatic heterocycles. The number of amides is 1. The lowest BCUT2D eigenvalue weighted by atomic mass is 9.84. The molecule has 2 aromatic rings. The van der Waals surface area contributed by atoms with Gasteiger partial charge in [0.1, 0.15) is 23.2 Å². The van der Waals surface area contributed by atoms with Crippen molar-refractivity contribution < 1.29 is 33.1 Å². The number of carboxylic acid groups (broad SMARTS) is 1. The molecule has 216 valence electrons. The van der Waals surface area contributed by atoms with Crippen molar-refractivity contribution in [1.29, 1.82) is 0 Å². The summed E-state index contributed by atoms with van der Waals surface area (Å²) in [4.78, 5) is 30.2. The van der Waals surface area contributed by atoms with E-state index in [0.717, 1.165) is 38.2 Å². The van der Waals surface area contributed by atoms with E-state index in [0.29, 0.717) is 30.2 Å². The molecule has 2 N–H and O–H groups in total. The van der Waals surface area contributed by atoms with Crippen LogP contribution in [0.25, 0.3) is 0 Å². The van der Waals surface area contributed by atoms with Gasteiger partial charge in [0.05, 0.1) is 6.61 Å². The summed E-state index contributed by atoms with van der Waals surface area (Å²) in [5.41, 5.74) is -0.619. The second-order valence-corrected chi connectivity index (χ2v) is 11.5. The minimum absolute atomic E-state index is 0.160. The molecule has 39 heavy (non-hydrogen) atoms. The van der Waals surface area contributed by atoms with E-state index in [1.54, 1.807) is 26.8 Å². The molecule has 0 aliphatic carbocycles. The Balaban J connectivity index is 1.44. The highest BCUT2D eigenvalue weighted by atomic mass is 19.1. The van der Waals surface area contributed by atoms with Gasteiger partial charge in [-0.3, -0.25) is 0 Å². The Morgan fingerprint density at radius 1 is 1.23 bits per heavy atom. The van der Waals surface area contributed by atoms with Gasteiger partial charge >= 0.3 is 18.1 Å². The number of carbonyl (C=O) groups excluding carboxylic acids is 1. The summed E-state index contributed by atoms with van der Waals surface area (Å²) >= 11 is 0. The van der Waals surface area contributed by atoms with Crippen molar-refractivity contribution in [3.8, 4) is 5.75 Å². The van der Waals surface area contributed by atoms with Gasteiger partial charge < -0.3 is 29.3 Å². The number of carboxylic acids is 1. The largest absolute Gasteiger partial charge is 0.493 e. The summed E-state index contributed by atoms with van der Waals surface area (Å²) < 4.78 is 31.1. The highest BCUT2D eigenvalue weighted by molar-refractivity contribution is 5.80. The molecule has 0 spiro atoms. The summed E-state index contributed by atoms with van der Waals surface area (Å²) in [7, 11) is 0. The van der Waals surface area contributed by atoms with Crippen LogP contribution < -0.4 is 15.0 Å². The maximum Gasteiger partial charge on any atom is 0.408 e. The summed E-state index contributed by atoms with van der Waals surface area (Å²) in [5, 5.41) is 15.8. The van der Waals surface area contributed by atoms with Crippen LogP contribution in [0.1, 0.15) is 78.1 Å². The quantitative estimate of drug-likeness (QED) is 0.391. The first-order chi connectivity index (χ1) is 18.3. The molecule has 1 aromatic heterocycles. The molecule has 3 rings (SSSR count). The monoisotopic (exact) mass is 548 g/mol. The predicted molar refractivity (Wildman–Crippen MR) is 143 cm³/mol. The molecule has 0 bridgehead atoms. The van der Waals surface area contributed by atoms with E-state index in [4.69, 9.17) is 14.0 Å². The molecule has 0 radical (unpaired) electrons. The Kier molecular flexibility index (Phi) is 10.2. The number of nitrogens with zero attached hydrogens (tertiary/aromatic N) is 3. The van der Waals surface area contributed by atoms with Gasteiger partial charge in [0.25, 0.3) is 0 Å². The average molecular weight is 549 g/mol. The molecule has 2 heterocycles. The van der Waals surface area contributed by atoms with Crippen molar-refractivity contribution in [3.05, 3.63) is 35.4 Å². The van der Waals surface area contributed by atoms with Gasteiger partial charge in [-0.05, 0) is 63.5 Å².